The molecule has 5 nitrogen and oxygen atoms in total. The number of aryl methyl sites for hydroxylation is 2. The average molecular weight is 347 g/mol. The monoisotopic (exact) mass is 346 g/mol. The molecular weight excluding hydrogens is 326 g/mol. The minimum absolute atomic E-state index is 0.479. The minimum Gasteiger partial charge on any atom is -0.310 e. The zero-order valence-corrected chi connectivity index (χ0v) is 15.2. The Morgan fingerprint density at radius 3 is 3.09 bits per heavy atom. The molecule has 0 saturated carbocycles. The Morgan fingerprint density at radius 2 is 2.26 bits per heavy atom. The molecule has 23 heavy (non-hydrogen) atoms. The summed E-state index contributed by atoms with van der Waals surface area (Å²) < 4.78 is 4.64. The molecule has 3 aromatic heterocycles. The van der Waals surface area contributed by atoms with E-state index >= 15 is 0 Å². The van der Waals surface area contributed by atoms with Crippen molar-refractivity contribution in [1.29, 1.82) is 0 Å². The van der Waals surface area contributed by atoms with Gasteiger partial charge in [0.25, 0.3) is 5.78 Å². The highest BCUT2D eigenvalue weighted by Crippen LogP contribution is 2.24. The Bertz CT molecular complexity index is 936. The van der Waals surface area contributed by atoms with E-state index < -0.39 is 0 Å². The molecule has 1 aliphatic heterocycles. The van der Waals surface area contributed by atoms with Crippen molar-refractivity contribution >= 4 is 29.3 Å². The Hall–Kier alpha value is -1.57. The number of thiophene rings is 1. The SMILES string of the molecule is Cc1cc(C)n2c(=S)n(C[NH+]3CCc4sccc4[C@@H]3C)nc2n1. The van der Waals surface area contributed by atoms with Gasteiger partial charge in [-0.3, -0.25) is 4.40 Å². The molecule has 1 N–H and O–H groups in total. The molecule has 4 heterocycles. The van der Waals surface area contributed by atoms with Gasteiger partial charge < -0.3 is 4.90 Å². The molecule has 4 rings (SSSR count). The molecule has 3 aromatic rings. The molecular formula is C16H20N5S2+. The lowest BCUT2D eigenvalue weighted by molar-refractivity contribution is -0.954. The third kappa shape index (κ3) is 2.43. The zero-order valence-electron chi connectivity index (χ0n) is 13.5. The zero-order chi connectivity index (χ0) is 16.1. The molecule has 0 fully saturated rings. The van der Waals surface area contributed by atoms with Crippen molar-refractivity contribution in [1.82, 2.24) is 19.2 Å². The van der Waals surface area contributed by atoms with E-state index in [1.807, 2.05) is 33.4 Å². The smallest absolute Gasteiger partial charge is 0.254 e. The number of nitrogens with zero attached hydrogens (tertiary/aromatic N) is 4. The Balaban J connectivity index is 1.70. The van der Waals surface area contributed by atoms with Crippen LogP contribution in [0.1, 0.15) is 34.8 Å². The van der Waals surface area contributed by atoms with Gasteiger partial charge in [0, 0.05) is 28.2 Å². The highest BCUT2D eigenvalue weighted by molar-refractivity contribution is 7.71. The van der Waals surface area contributed by atoms with Crippen LogP contribution in [0, 0.1) is 18.6 Å². The van der Waals surface area contributed by atoms with Crippen molar-refractivity contribution in [2.24, 2.45) is 0 Å². The van der Waals surface area contributed by atoms with Crippen LogP contribution >= 0.6 is 23.6 Å². The summed E-state index contributed by atoms with van der Waals surface area (Å²) in [4.78, 5) is 7.55. The van der Waals surface area contributed by atoms with Gasteiger partial charge in [-0.25, -0.2) is 4.98 Å². The van der Waals surface area contributed by atoms with Crippen LogP contribution in [0.3, 0.4) is 0 Å². The van der Waals surface area contributed by atoms with E-state index in [2.05, 4.69) is 35.4 Å². The molecule has 120 valence electrons. The molecule has 7 heteroatoms. The van der Waals surface area contributed by atoms with Crippen LogP contribution in [0.2, 0.25) is 0 Å². The van der Waals surface area contributed by atoms with Crippen LogP contribution in [0.15, 0.2) is 17.5 Å². The van der Waals surface area contributed by atoms with Crippen molar-refractivity contribution in [3.8, 4) is 0 Å². The first kappa shape index (κ1) is 15.0. The number of hydrogen-bond donors (Lipinski definition) is 1. The van der Waals surface area contributed by atoms with Crippen molar-refractivity contribution in [2.75, 3.05) is 6.54 Å². The van der Waals surface area contributed by atoms with E-state index in [0.29, 0.717) is 11.8 Å². The van der Waals surface area contributed by atoms with Gasteiger partial charge in [0.1, 0.15) is 6.04 Å². The Labute approximate surface area is 144 Å². The van der Waals surface area contributed by atoms with Gasteiger partial charge in [-0.1, -0.05) is 0 Å². The molecule has 1 aliphatic rings. The second-order valence-corrected chi connectivity index (χ2v) is 7.66. The normalized spacial score (nSPS) is 20.8. The van der Waals surface area contributed by atoms with Gasteiger partial charge in [0.15, 0.2) is 6.67 Å². The summed E-state index contributed by atoms with van der Waals surface area (Å²) in [5.74, 6) is 0.702. The summed E-state index contributed by atoms with van der Waals surface area (Å²) in [6.07, 6.45) is 1.14. The standard InChI is InChI=1S/C16H19N5S2/c1-10-8-11(2)21-15(17-10)18-20(16(21)22)9-19-6-4-14-13(12(19)3)5-7-23-14/h5,7-8,12H,4,6,9H2,1-3H3/p+1/t12-/m0/s1. The van der Waals surface area contributed by atoms with Crippen molar-refractivity contribution in [3.63, 3.8) is 0 Å². The number of fused-ring (bicyclic) bond motifs is 2. The van der Waals surface area contributed by atoms with Crippen LogP contribution < -0.4 is 4.90 Å². The Kier molecular flexibility index (Phi) is 3.59. The van der Waals surface area contributed by atoms with E-state index in [1.54, 1.807) is 0 Å². The Morgan fingerprint density at radius 1 is 1.43 bits per heavy atom. The number of aromatic nitrogens is 4. The number of quaternary nitrogens is 1. The van der Waals surface area contributed by atoms with Gasteiger partial charge >= 0.3 is 0 Å². The topological polar surface area (TPSA) is 39.6 Å². The molecule has 0 bridgehead atoms. The molecule has 1 unspecified atom stereocenters. The maximum Gasteiger partial charge on any atom is 0.254 e. The number of rotatable bonds is 2. The summed E-state index contributed by atoms with van der Waals surface area (Å²) in [5, 5.41) is 6.86. The first-order valence-electron chi connectivity index (χ1n) is 7.89. The maximum absolute atomic E-state index is 5.64. The maximum atomic E-state index is 5.64. The molecule has 0 aromatic carbocycles. The minimum atomic E-state index is 0.479. The predicted molar refractivity (Wildman–Crippen MR) is 93.6 cm³/mol. The molecule has 0 radical (unpaired) electrons. The summed E-state index contributed by atoms with van der Waals surface area (Å²) in [5.41, 5.74) is 3.55. The first-order valence-corrected chi connectivity index (χ1v) is 9.18. The van der Waals surface area contributed by atoms with Gasteiger partial charge in [-0.2, -0.15) is 4.68 Å². The van der Waals surface area contributed by atoms with Crippen molar-refractivity contribution in [2.45, 2.75) is 39.9 Å². The summed E-state index contributed by atoms with van der Waals surface area (Å²) in [7, 11) is 0. The summed E-state index contributed by atoms with van der Waals surface area (Å²) >= 11 is 7.52. The second kappa shape index (κ2) is 5.51. The van der Waals surface area contributed by atoms with Crippen LogP contribution in [-0.4, -0.2) is 25.7 Å². The lowest BCUT2D eigenvalue weighted by Gasteiger charge is -2.29. The van der Waals surface area contributed by atoms with Crippen LogP contribution in [0.5, 0.6) is 0 Å². The largest absolute Gasteiger partial charge is 0.310 e. The molecule has 0 saturated heterocycles. The van der Waals surface area contributed by atoms with E-state index in [9.17, 15) is 0 Å². The van der Waals surface area contributed by atoms with E-state index in [-0.39, 0.29) is 0 Å². The summed E-state index contributed by atoms with van der Waals surface area (Å²) in [6.45, 7) is 8.25. The number of hydrogen-bond acceptors (Lipinski definition) is 4. The quantitative estimate of drug-likeness (QED) is 0.723. The third-order valence-corrected chi connectivity index (χ3v) is 6.14. The van der Waals surface area contributed by atoms with Gasteiger partial charge in [-0.05, 0) is 50.5 Å². The fourth-order valence-electron chi connectivity index (χ4n) is 3.50. The highest BCUT2D eigenvalue weighted by atomic mass is 32.1. The molecule has 0 aliphatic carbocycles. The lowest BCUT2D eigenvalue weighted by Crippen LogP contribution is -3.12. The van der Waals surface area contributed by atoms with E-state index in [4.69, 9.17) is 12.2 Å². The van der Waals surface area contributed by atoms with Crippen molar-refractivity contribution < 1.29 is 4.90 Å². The van der Waals surface area contributed by atoms with Crippen LogP contribution in [0.4, 0.5) is 0 Å². The molecule has 0 amide bonds. The van der Waals surface area contributed by atoms with Gasteiger partial charge in [-0.15, -0.1) is 16.4 Å². The van der Waals surface area contributed by atoms with E-state index in [0.717, 1.165) is 35.8 Å². The van der Waals surface area contributed by atoms with Crippen molar-refractivity contribution in [3.05, 3.63) is 44.1 Å². The van der Waals surface area contributed by atoms with Gasteiger partial charge in [0.2, 0.25) is 4.77 Å². The van der Waals surface area contributed by atoms with E-state index in [1.165, 1.54) is 15.3 Å². The second-order valence-electron chi connectivity index (χ2n) is 6.29. The fourth-order valence-corrected chi connectivity index (χ4v) is 4.81. The predicted octanol–water partition coefficient (Wildman–Crippen LogP) is 2.10. The first-order chi connectivity index (χ1) is 11.0. The third-order valence-electron chi connectivity index (χ3n) is 4.75. The highest BCUT2D eigenvalue weighted by Gasteiger charge is 2.29. The van der Waals surface area contributed by atoms with Gasteiger partial charge in [0.05, 0.1) is 6.54 Å². The number of nitrogens with one attached hydrogen (secondary N) is 1. The lowest BCUT2D eigenvalue weighted by atomic mass is 10.0. The summed E-state index contributed by atoms with van der Waals surface area (Å²) in [6, 6.07) is 4.79. The molecule has 0 spiro atoms. The fraction of sp³-hybridized carbons (Fsp3) is 0.438. The van der Waals surface area contributed by atoms with Crippen LogP contribution in [0.25, 0.3) is 5.78 Å². The molecule has 2 atom stereocenters. The van der Waals surface area contributed by atoms with Crippen LogP contribution in [-0.2, 0) is 13.1 Å². The average Bonchev–Trinajstić information content (AvgIpc) is 3.08.